The average molecular weight is 219 g/mol. The molecule has 0 saturated carbocycles. The molecule has 2 aromatic rings. The maximum Gasteiger partial charge on any atom is 0.123 e. The second-order valence-corrected chi connectivity index (χ2v) is 4.28. The van der Waals surface area contributed by atoms with E-state index in [1.807, 2.05) is 25.4 Å². The molecule has 0 saturated heterocycles. The molecule has 1 aromatic carbocycles. The zero-order valence-corrected chi connectivity index (χ0v) is 9.34. The molecule has 0 atom stereocenters. The van der Waals surface area contributed by atoms with Crippen LogP contribution in [0.4, 0.5) is 5.69 Å². The van der Waals surface area contributed by atoms with Gasteiger partial charge in [0, 0.05) is 35.9 Å². The number of anilines is 1. The number of aromatic nitrogens is 1. The number of hydrogen-bond acceptors (Lipinski definition) is 4. The molecule has 1 aromatic heterocycles. The van der Waals surface area contributed by atoms with E-state index in [9.17, 15) is 0 Å². The van der Waals surface area contributed by atoms with Gasteiger partial charge in [-0.15, -0.1) is 11.3 Å². The molecular weight excluding hydrogens is 206 g/mol. The Labute approximate surface area is 93.0 Å². The minimum atomic E-state index is 0.562. The first-order valence-electron chi connectivity index (χ1n) is 4.76. The lowest BCUT2D eigenvalue weighted by atomic mass is 10.2. The van der Waals surface area contributed by atoms with Gasteiger partial charge in [0.1, 0.15) is 5.01 Å². The summed E-state index contributed by atoms with van der Waals surface area (Å²) in [7, 11) is 1.91. The topological polar surface area (TPSA) is 50.9 Å². The molecule has 1 heterocycles. The van der Waals surface area contributed by atoms with Crippen LogP contribution in [0.3, 0.4) is 0 Å². The Balaban J connectivity index is 2.28. The zero-order chi connectivity index (χ0) is 10.7. The first-order valence-corrected chi connectivity index (χ1v) is 5.58. The van der Waals surface area contributed by atoms with Crippen LogP contribution in [-0.4, -0.2) is 12.0 Å². The number of rotatable bonds is 3. The minimum Gasteiger partial charge on any atom is -0.388 e. The van der Waals surface area contributed by atoms with Crippen molar-refractivity contribution in [3.63, 3.8) is 0 Å². The fourth-order valence-corrected chi connectivity index (χ4v) is 2.11. The van der Waals surface area contributed by atoms with Crippen LogP contribution < -0.4 is 11.1 Å². The monoisotopic (exact) mass is 219 g/mol. The lowest BCUT2D eigenvalue weighted by Gasteiger charge is -2.00. The van der Waals surface area contributed by atoms with Crippen LogP contribution in [0.5, 0.6) is 0 Å². The number of benzene rings is 1. The molecule has 0 amide bonds. The first kappa shape index (κ1) is 10.1. The third kappa shape index (κ3) is 2.16. The second-order valence-electron chi connectivity index (χ2n) is 3.16. The number of thiazole rings is 1. The van der Waals surface area contributed by atoms with Crippen LogP contribution in [0, 0.1) is 0 Å². The Hall–Kier alpha value is -1.39. The third-order valence-corrected chi connectivity index (χ3v) is 3.24. The summed E-state index contributed by atoms with van der Waals surface area (Å²) in [6.45, 7) is 0.562. The molecule has 0 radical (unpaired) electrons. The first-order chi connectivity index (χ1) is 7.33. The predicted octanol–water partition coefficient (Wildman–Crippen LogP) is 2.31. The molecule has 2 rings (SSSR count). The molecule has 0 unspecified atom stereocenters. The molecule has 3 nitrogen and oxygen atoms in total. The molecule has 4 heteroatoms. The highest BCUT2D eigenvalue weighted by atomic mass is 32.1. The zero-order valence-electron chi connectivity index (χ0n) is 8.53. The van der Waals surface area contributed by atoms with Crippen molar-refractivity contribution in [2.45, 2.75) is 6.54 Å². The quantitative estimate of drug-likeness (QED) is 0.833. The fourth-order valence-electron chi connectivity index (χ4n) is 1.31. The lowest BCUT2D eigenvalue weighted by Crippen LogP contribution is -1.91. The number of nitrogens with one attached hydrogen (secondary N) is 1. The normalized spacial score (nSPS) is 10.3. The Kier molecular flexibility index (Phi) is 2.99. The van der Waals surface area contributed by atoms with Crippen molar-refractivity contribution < 1.29 is 0 Å². The summed E-state index contributed by atoms with van der Waals surface area (Å²) in [5.74, 6) is 0. The van der Waals surface area contributed by atoms with Crippen LogP contribution in [0.2, 0.25) is 0 Å². The molecular formula is C11H13N3S. The maximum absolute atomic E-state index is 5.55. The summed E-state index contributed by atoms with van der Waals surface area (Å²) in [4.78, 5) is 5.44. The summed E-state index contributed by atoms with van der Waals surface area (Å²) in [6, 6.07) is 8.20. The van der Waals surface area contributed by atoms with Crippen molar-refractivity contribution in [1.29, 1.82) is 0 Å². The molecule has 15 heavy (non-hydrogen) atoms. The van der Waals surface area contributed by atoms with Gasteiger partial charge in [-0.3, -0.25) is 0 Å². The summed E-state index contributed by atoms with van der Waals surface area (Å²) >= 11 is 1.64. The molecule has 0 aliphatic rings. The van der Waals surface area contributed by atoms with Gasteiger partial charge in [0.25, 0.3) is 0 Å². The fraction of sp³-hybridized carbons (Fsp3) is 0.182. The molecule has 0 fully saturated rings. The Morgan fingerprint density at radius 1 is 1.33 bits per heavy atom. The van der Waals surface area contributed by atoms with Crippen molar-refractivity contribution >= 4 is 17.0 Å². The van der Waals surface area contributed by atoms with Gasteiger partial charge in [0.15, 0.2) is 0 Å². The van der Waals surface area contributed by atoms with Gasteiger partial charge in [0.2, 0.25) is 0 Å². The van der Waals surface area contributed by atoms with E-state index in [1.54, 1.807) is 11.3 Å². The molecule has 0 spiro atoms. The van der Waals surface area contributed by atoms with Crippen molar-refractivity contribution in [2.24, 2.45) is 5.73 Å². The van der Waals surface area contributed by atoms with Gasteiger partial charge in [-0.2, -0.15) is 0 Å². The van der Waals surface area contributed by atoms with Gasteiger partial charge in [0.05, 0.1) is 0 Å². The van der Waals surface area contributed by atoms with E-state index in [-0.39, 0.29) is 0 Å². The Morgan fingerprint density at radius 3 is 2.60 bits per heavy atom. The van der Waals surface area contributed by atoms with Crippen molar-refractivity contribution in [2.75, 3.05) is 12.4 Å². The highest BCUT2D eigenvalue weighted by molar-refractivity contribution is 7.15. The maximum atomic E-state index is 5.55. The van der Waals surface area contributed by atoms with Gasteiger partial charge < -0.3 is 11.1 Å². The summed E-state index contributed by atoms with van der Waals surface area (Å²) in [6.07, 6.45) is 1.84. The van der Waals surface area contributed by atoms with E-state index in [2.05, 4.69) is 22.4 Å². The van der Waals surface area contributed by atoms with Crippen LogP contribution in [0.15, 0.2) is 30.5 Å². The molecule has 0 aliphatic heterocycles. The van der Waals surface area contributed by atoms with E-state index in [0.29, 0.717) is 6.54 Å². The predicted molar refractivity (Wildman–Crippen MR) is 65.0 cm³/mol. The lowest BCUT2D eigenvalue weighted by molar-refractivity contribution is 1.10. The molecule has 0 bridgehead atoms. The van der Waals surface area contributed by atoms with Gasteiger partial charge in [-0.25, -0.2) is 4.98 Å². The second kappa shape index (κ2) is 4.42. The molecule has 3 N–H and O–H groups in total. The summed E-state index contributed by atoms with van der Waals surface area (Å²) in [5.41, 5.74) is 7.79. The third-order valence-electron chi connectivity index (χ3n) is 2.18. The largest absolute Gasteiger partial charge is 0.388 e. The standard InChI is InChI=1S/C11H13N3S/c1-13-9-4-2-8(3-5-9)11-14-7-10(6-12)15-11/h2-5,7,13H,6,12H2,1H3. The molecule has 78 valence electrons. The van der Waals surface area contributed by atoms with Crippen molar-refractivity contribution in [3.8, 4) is 10.6 Å². The van der Waals surface area contributed by atoms with E-state index >= 15 is 0 Å². The van der Waals surface area contributed by atoms with Crippen molar-refractivity contribution in [3.05, 3.63) is 35.3 Å². The van der Waals surface area contributed by atoms with Crippen LogP contribution >= 0.6 is 11.3 Å². The smallest absolute Gasteiger partial charge is 0.123 e. The van der Waals surface area contributed by atoms with Crippen LogP contribution in [-0.2, 0) is 6.54 Å². The van der Waals surface area contributed by atoms with Gasteiger partial charge in [-0.1, -0.05) is 0 Å². The number of nitrogens with two attached hydrogens (primary N) is 1. The van der Waals surface area contributed by atoms with E-state index < -0.39 is 0 Å². The minimum absolute atomic E-state index is 0.562. The highest BCUT2D eigenvalue weighted by Crippen LogP contribution is 2.25. The number of nitrogens with zero attached hydrogens (tertiary/aromatic N) is 1. The van der Waals surface area contributed by atoms with E-state index in [4.69, 9.17) is 5.73 Å². The Morgan fingerprint density at radius 2 is 2.07 bits per heavy atom. The highest BCUT2D eigenvalue weighted by Gasteiger charge is 2.03. The Bertz CT molecular complexity index is 433. The summed E-state index contributed by atoms with van der Waals surface area (Å²) < 4.78 is 0. The van der Waals surface area contributed by atoms with Crippen LogP contribution in [0.25, 0.3) is 10.6 Å². The number of hydrogen-bond donors (Lipinski definition) is 2. The van der Waals surface area contributed by atoms with Gasteiger partial charge >= 0.3 is 0 Å². The van der Waals surface area contributed by atoms with Crippen LogP contribution in [0.1, 0.15) is 4.88 Å². The molecule has 0 aliphatic carbocycles. The van der Waals surface area contributed by atoms with E-state index in [0.717, 1.165) is 21.1 Å². The SMILES string of the molecule is CNc1ccc(-c2ncc(CN)s2)cc1. The average Bonchev–Trinajstić information content (AvgIpc) is 2.78. The van der Waals surface area contributed by atoms with Gasteiger partial charge in [-0.05, 0) is 24.3 Å². The van der Waals surface area contributed by atoms with Crippen molar-refractivity contribution in [1.82, 2.24) is 4.98 Å². The summed E-state index contributed by atoms with van der Waals surface area (Å²) in [5, 5.41) is 4.11. The van der Waals surface area contributed by atoms with E-state index in [1.165, 1.54) is 0 Å².